The Morgan fingerprint density at radius 1 is 0.968 bits per heavy atom. The zero-order valence-electron chi connectivity index (χ0n) is 20.2. The Morgan fingerprint density at radius 3 is 2.19 bits per heavy atom. The van der Waals surface area contributed by atoms with E-state index in [4.69, 9.17) is 9.16 Å². The van der Waals surface area contributed by atoms with Crippen LogP contribution in [0.3, 0.4) is 0 Å². The van der Waals surface area contributed by atoms with Gasteiger partial charge in [0, 0.05) is 18.5 Å². The summed E-state index contributed by atoms with van der Waals surface area (Å²) in [6.45, 7) is 14.6. The van der Waals surface area contributed by atoms with Crippen LogP contribution in [-0.4, -0.2) is 26.6 Å². The highest BCUT2D eigenvalue weighted by Gasteiger charge is 2.43. The minimum Gasteiger partial charge on any atom is -0.412 e. The molecule has 0 amide bonds. The summed E-state index contributed by atoms with van der Waals surface area (Å²) in [4.78, 5) is 0. The molecule has 3 rings (SSSR count). The molecule has 0 unspecified atom stereocenters. The zero-order chi connectivity index (χ0) is 22.5. The van der Waals surface area contributed by atoms with Crippen molar-refractivity contribution in [3.05, 3.63) is 71.8 Å². The highest BCUT2D eigenvalue weighted by molar-refractivity contribution is 6.74. The van der Waals surface area contributed by atoms with Crippen LogP contribution in [0.2, 0.25) is 18.1 Å². The molecule has 4 atom stereocenters. The molecule has 0 bridgehead atoms. The molecule has 0 spiro atoms. The Hall–Kier alpha value is -1.46. The molecule has 1 aliphatic carbocycles. The number of nitrogens with one attached hydrogen (secondary N) is 1. The Balaban J connectivity index is 1.68. The van der Waals surface area contributed by atoms with E-state index in [0.29, 0.717) is 18.7 Å². The highest BCUT2D eigenvalue weighted by Crippen LogP contribution is 2.39. The Labute approximate surface area is 190 Å². The number of hydrogen-bond acceptors (Lipinski definition) is 3. The molecule has 2 aromatic carbocycles. The third-order valence-electron chi connectivity index (χ3n) is 7.09. The van der Waals surface area contributed by atoms with E-state index >= 15 is 0 Å². The number of hydrogen-bond donors (Lipinski definition) is 1. The molecular formula is C27H41NO2Si. The van der Waals surface area contributed by atoms with Crippen molar-refractivity contribution in [1.29, 1.82) is 0 Å². The second-order valence-electron chi connectivity index (χ2n) is 10.6. The van der Waals surface area contributed by atoms with Crippen LogP contribution in [0, 0.1) is 0 Å². The summed E-state index contributed by atoms with van der Waals surface area (Å²) >= 11 is 0. The maximum atomic E-state index is 6.97. The van der Waals surface area contributed by atoms with Crippen molar-refractivity contribution in [3.63, 3.8) is 0 Å². The molecule has 1 aliphatic rings. The van der Waals surface area contributed by atoms with Gasteiger partial charge in [-0.2, -0.15) is 0 Å². The van der Waals surface area contributed by atoms with E-state index in [1.54, 1.807) is 0 Å². The first-order valence-electron chi connectivity index (χ1n) is 11.8. The van der Waals surface area contributed by atoms with E-state index in [1.807, 2.05) is 0 Å². The van der Waals surface area contributed by atoms with Gasteiger partial charge in [0.25, 0.3) is 0 Å². The fourth-order valence-corrected chi connectivity index (χ4v) is 5.44. The molecule has 31 heavy (non-hydrogen) atoms. The first-order valence-corrected chi connectivity index (χ1v) is 14.7. The van der Waals surface area contributed by atoms with Crippen LogP contribution < -0.4 is 5.32 Å². The van der Waals surface area contributed by atoms with Gasteiger partial charge in [-0.3, -0.25) is 0 Å². The summed E-state index contributed by atoms with van der Waals surface area (Å²) in [6, 6.07) is 21.9. The van der Waals surface area contributed by atoms with Gasteiger partial charge >= 0.3 is 0 Å². The van der Waals surface area contributed by atoms with E-state index in [0.717, 1.165) is 19.3 Å². The lowest BCUT2D eigenvalue weighted by Crippen LogP contribution is -2.54. The van der Waals surface area contributed by atoms with Crippen LogP contribution >= 0.6 is 0 Å². The number of ether oxygens (including phenoxy) is 1. The minimum atomic E-state index is -1.88. The molecule has 1 N–H and O–H groups in total. The molecule has 4 heteroatoms. The van der Waals surface area contributed by atoms with Crippen molar-refractivity contribution in [2.45, 2.75) is 96.0 Å². The fraction of sp³-hybridized carbons (Fsp3) is 0.556. The van der Waals surface area contributed by atoms with E-state index in [9.17, 15) is 0 Å². The van der Waals surface area contributed by atoms with Crippen molar-refractivity contribution < 1.29 is 9.16 Å². The molecule has 2 aromatic rings. The van der Waals surface area contributed by atoms with E-state index in [1.165, 1.54) is 11.1 Å². The lowest BCUT2D eigenvalue weighted by molar-refractivity contribution is -0.0329. The standard InChI is InChI=1S/C27H41NO2Si/c1-21(23-15-11-8-12-16-23)28-25-18-17-24(29-20-22-13-9-7-10-14-22)19-26(25)30-31(5,6)27(2,3)4/h7-16,21,24-26,28H,17-20H2,1-6H3/t21-,24-,25-,26-/m0/s1. The normalized spacial score (nSPS) is 23.5. The van der Waals surface area contributed by atoms with Gasteiger partial charge in [-0.1, -0.05) is 81.4 Å². The van der Waals surface area contributed by atoms with E-state index < -0.39 is 8.32 Å². The topological polar surface area (TPSA) is 30.5 Å². The predicted octanol–water partition coefficient (Wildman–Crippen LogP) is 6.87. The summed E-state index contributed by atoms with van der Waals surface area (Å²) in [6.07, 6.45) is 3.54. The number of rotatable bonds is 8. The summed E-state index contributed by atoms with van der Waals surface area (Å²) < 4.78 is 13.3. The maximum Gasteiger partial charge on any atom is 0.192 e. The van der Waals surface area contributed by atoms with Gasteiger partial charge in [-0.05, 0) is 49.0 Å². The minimum absolute atomic E-state index is 0.182. The van der Waals surface area contributed by atoms with Crippen LogP contribution in [-0.2, 0) is 15.8 Å². The van der Waals surface area contributed by atoms with Crippen LogP contribution in [0.5, 0.6) is 0 Å². The van der Waals surface area contributed by atoms with Gasteiger partial charge in [0.05, 0.1) is 18.8 Å². The van der Waals surface area contributed by atoms with Crippen LogP contribution in [0.15, 0.2) is 60.7 Å². The molecule has 1 fully saturated rings. The summed E-state index contributed by atoms with van der Waals surface area (Å²) in [5.41, 5.74) is 2.57. The summed E-state index contributed by atoms with van der Waals surface area (Å²) in [7, 11) is -1.88. The largest absolute Gasteiger partial charge is 0.412 e. The lowest BCUT2D eigenvalue weighted by atomic mass is 9.89. The third-order valence-corrected chi connectivity index (χ3v) is 11.6. The predicted molar refractivity (Wildman–Crippen MR) is 133 cm³/mol. The van der Waals surface area contributed by atoms with Gasteiger partial charge < -0.3 is 14.5 Å². The summed E-state index contributed by atoms with van der Waals surface area (Å²) in [5.74, 6) is 0. The van der Waals surface area contributed by atoms with Crippen molar-refractivity contribution in [2.24, 2.45) is 0 Å². The van der Waals surface area contributed by atoms with Crippen molar-refractivity contribution >= 4 is 8.32 Å². The van der Waals surface area contributed by atoms with E-state index in [2.05, 4.69) is 107 Å². The third kappa shape index (κ3) is 6.76. The van der Waals surface area contributed by atoms with Crippen molar-refractivity contribution in [2.75, 3.05) is 0 Å². The molecule has 1 saturated carbocycles. The zero-order valence-corrected chi connectivity index (χ0v) is 21.2. The lowest BCUT2D eigenvalue weighted by Gasteiger charge is -2.45. The van der Waals surface area contributed by atoms with Gasteiger partial charge in [0.1, 0.15) is 0 Å². The smallest absolute Gasteiger partial charge is 0.192 e. The van der Waals surface area contributed by atoms with Crippen LogP contribution in [0.1, 0.15) is 64.1 Å². The quantitative estimate of drug-likeness (QED) is 0.455. The van der Waals surface area contributed by atoms with Crippen molar-refractivity contribution in [3.8, 4) is 0 Å². The Kier molecular flexibility index (Phi) is 8.14. The Morgan fingerprint density at radius 2 is 1.58 bits per heavy atom. The molecule has 0 heterocycles. The average molecular weight is 440 g/mol. The Bertz CT molecular complexity index is 788. The second-order valence-corrected chi connectivity index (χ2v) is 15.3. The fourth-order valence-electron chi connectivity index (χ4n) is 4.07. The molecule has 0 radical (unpaired) electrons. The van der Waals surface area contributed by atoms with Gasteiger partial charge in [-0.25, -0.2) is 0 Å². The first kappa shape index (κ1) is 24.2. The summed E-state index contributed by atoms with van der Waals surface area (Å²) in [5, 5.41) is 4.09. The molecule has 0 aliphatic heterocycles. The van der Waals surface area contributed by atoms with Crippen LogP contribution in [0.4, 0.5) is 0 Å². The molecular weight excluding hydrogens is 398 g/mol. The van der Waals surface area contributed by atoms with Gasteiger partial charge in [0.2, 0.25) is 0 Å². The maximum absolute atomic E-state index is 6.97. The first-order chi connectivity index (χ1) is 14.7. The SMILES string of the molecule is C[C@H](N[C@H]1CC[C@H](OCc2ccccc2)C[C@@H]1O[Si](C)(C)C(C)(C)C)c1ccccc1. The molecule has 0 saturated heterocycles. The van der Waals surface area contributed by atoms with E-state index in [-0.39, 0.29) is 17.2 Å². The number of benzene rings is 2. The monoisotopic (exact) mass is 439 g/mol. The molecule has 0 aromatic heterocycles. The van der Waals surface area contributed by atoms with Gasteiger partial charge in [-0.15, -0.1) is 0 Å². The second kappa shape index (κ2) is 10.4. The molecule has 170 valence electrons. The highest BCUT2D eigenvalue weighted by atomic mass is 28.4. The average Bonchev–Trinajstić information content (AvgIpc) is 2.74. The van der Waals surface area contributed by atoms with Crippen molar-refractivity contribution in [1.82, 2.24) is 5.32 Å². The van der Waals surface area contributed by atoms with Gasteiger partial charge in [0.15, 0.2) is 8.32 Å². The molecule has 3 nitrogen and oxygen atoms in total. The van der Waals surface area contributed by atoms with Crippen LogP contribution in [0.25, 0.3) is 0 Å².